The van der Waals surface area contributed by atoms with E-state index in [4.69, 9.17) is 9.15 Å². The van der Waals surface area contributed by atoms with Gasteiger partial charge < -0.3 is 14.1 Å². The fraction of sp³-hybridized carbons (Fsp3) is 0.217. The van der Waals surface area contributed by atoms with Gasteiger partial charge in [0, 0.05) is 24.6 Å². The number of nitrogens with zero attached hydrogens (tertiary/aromatic N) is 1. The highest BCUT2D eigenvalue weighted by Gasteiger charge is 2.28. The number of benzene rings is 2. The first-order valence-corrected chi connectivity index (χ1v) is 9.42. The first-order valence-electron chi connectivity index (χ1n) is 9.42. The zero-order valence-corrected chi connectivity index (χ0v) is 15.9. The first kappa shape index (κ1) is 18.9. The largest absolute Gasteiger partial charge is 0.488 e. The summed E-state index contributed by atoms with van der Waals surface area (Å²) in [5, 5.41) is 0. The van der Waals surface area contributed by atoms with Crippen LogP contribution in [0.15, 0.2) is 69.9 Å². The van der Waals surface area contributed by atoms with Crippen LogP contribution in [0.5, 0.6) is 5.75 Å². The van der Waals surface area contributed by atoms with Crippen molar-refractivity contribution in [2.24, 2.45) is 0 Å². The van der Waals surface area contributed by atoms with E-state index in [2.05, 4.69) is 0 Å². The topological polar surface area (TPSA) is 59.8 Å². The highest BCUT2D eigenvalue weighted by molar-refractivity contribution is 5.95. The molecule has 0 radical (unpaired) electrons. The predicted molar refractivity (Wildman–Crippen MR) is 106 cm³/mol. The van der Waals surface area contributed by atoms with Crippen LogP contribution in [0, 0.1) is 12.7 Å². The number of likely N-dealkylation sites (tertiary alicyclic amines) is 1. The summed E-state index contributed by atoms with van der Waals surface area (Å²) in [5.41, 5.74) is 1.95. The Kier molecular flexibility index (Phi) is 5.16. The van der Waals surface area contributed by atoms with Gasteiger partial charge in [-0.15, -0.1) is 0 Å². The first-order chi connectivity index (χ1) is 14.0. The van der Waals surface area contributed by atoms with Gasteiger partial charge in [0.15, 0.2) is 0 Å². The molecule has 4 rings (SSSR count). The Morgan fingerprint density at radius 3 is 2.38 bits per heavy atom. The molecule has 0 bridgehead atoms. The van der Waals surface area contributed by atoms with E-state index in [0.29, 0.717) is 36.6 Å². The Morgan fingerprint density at radius 2 is 1.72 bits per heavy atom. The summed E-state index contributed by atoms with van der Waals surface area (Å²) in [6.45, 7) is 2.73. The molecule has 1 fully saturated rings. The molecule has 1 unspecified atom stereocenters. The lowest BCUT2D eigenvalue weighted by Gasteiger charge is -2.17. The number of rotatable bonds is 4. The van der Waals surface area contributed by atoms with E-state index in [1.165, 1.54) is 18.2 Å². The third-order valence-corrected chi connectivity index (χ3v) is 4.91. The van der Waals surface area contributed by atoms with Crippen molar-refractivity contribution in [1.29, 1.82) is 0 Å². The molecule has 0 spiro atoms. The van der Waals surface area contributed by atoms with Crippen molar-refractivity contribution in [3.05, 3.63) is 88.2 Å². The summed E-state index contributed by atoms with van der Waals surface area (Å²) in [5.74, 6) is 0.602. The van der Waals surface area contributed by atoms with Crippen LogP contribution < -0.4 is 10.4 Å². The Labute approximate surface area is 167 Å². The number of halogens is 1. The normalized spacial score (nSPS) is 16.1. The zero-order valence-electron chi connectivity index (χ0n) is 15.9. The van der Waals surface area contributed by atoms with E-state index in [-0.39, 0.29) is 17.8 Å². The maximum Gasteiger partial charge on any atom is 0.339 e. The summed E-state index contributed by atoms with van der Waals surface area (Å²) >= 11 is 0. The zero-order chi connectivity index (χ0) is 20.4. The van der Waals surface area contributed by atoms with Gasteiger partial charge in [0.25, 0.3) is 5.91 Å². The minimum absolute atomic E-state index is 0.0643. The molecule has 6 heteroatoms. The SMILES string of the molecule is Cc1cc(OC2CCN(C(=O)c3ccc(-c4ccc(F)cc4)cc3)C2)cc(=O)o1. The minimum Gasteiger partial charge on any atom is -0.488 e. The summed E-state index contributed by atoms with van der Waals surface area (Å²) in [7, 11) is 0. The van der Waals surface area contributed by atoms with Crippen molar-refractivity contribution in [2.45, 2.75) is 19.4 Å². The molecule has 3 aromatic rings. The van der Waals surface area contributed by atoms with Gasteiger partial charge in [-0.05, 0) is 42.3 Å². The van der Waals surface area contributed by atoms with Crippen LogP contribution in [0.2, 0.25) is 0 Å². The van der Waals surface area contributed by atoms with Gasteiger partial charge in [-0.25, -0.2) is 9.18 Å². The second kappa shape index (κ2) is 7.91. The quantitative estimate of drug-likeness (QED) is 0.671. The number of aryl methyl sites for hydroxylation is 1. The molecule has 29 heavy (non-hydrogen) atoms. The predicted octanol–water partition coefficient (Wildman–Crippen LogP) is 4.05. The second-order valence-corrected chi connectivity index (χ2v) is 7.09. The van der Waals surface area contributed by atoms with Gasteiger partial charge in [-0.3, -0.25) is 4.79 Å². The van der Waals surface area contributed by atoms with Gasteiger partial charge in [-0.2, -0.15) is 0 Å². The number of ether oxygens (including phenoxy) is 1. The number of hydrogen-bond acceptors (Lipinski definition) is 4. The Balaban J connectivity index is 1.41. The monoisotopic (exact) mass is 393 g/mol. The molecular formula is C23H20FNO4. The third-order valence-electron chi connectivity index (χ3n) is 4.91. The standard InChI is InChI=1S/C23H20FNO4/c1-15-12-21(13-22(26)28-15)29-20-10-11-25(14-20)23(27)18-4-2-16(3-5-18)17-6-8-19(24)9-7-17/h2-9,12-13,20H,10-11,14H2,1H3. The lowest BCUT2D eigenvalue weighted by Crippen LogP contribution is -2.31. The van der Waals surface area contributed by atoms with Crippen molar-refractivity contribution in [1.82, 2.24) is 4.90 Å². The highest BCUT2D eigenvalue weighted by atomic mass is 19.1. The number of hydrogen-bond donors (Lipinski definition) is 0. The van der Waals surface area contributed by atoms with Gasteiger partial charge >= 0.3 is 5.63 Å². The van der Waals surface area contributed by atoms with E-state index >= 15 is 0 Å². The Hall–Kier alpha value is -3.41. The van der Waals surface area contributed by atoms with E-state index in [1.54, 1.807) is 42.2 Å². The molecule has 5 nitrogen and oxygen atoms in total. The number of carbonyl (C=O) groups is 1. The van der Waals surface area contributed by atoms with Crippen LogP contribution in [0.1, 0.15) is 22.5 Å². The Morgan fingerprint density at radius 1 is 1.07 bits per heavy atom. The van der Waals surface area contributed by atoms with Crippen molar-refractivity contribution in [3.8, 4) is 16.9 Å². The van der Waals surface area contributed by atoms with Gasteiger partial charge in [0.1, 0.15) is 23.4 Å². The van der Waals surface area contributed by atoms with Gasteiger partial charge in [-0.1, -0.05) is 24.3 Å². The van der Waals surface area contributed by atoms with Crippen molar-refractivity contribution in [3.63, 3.8) is 0 Å². The lowest BCUT2D eigenvalue weighted by atomic mass is 10.0. The van der Waals surface area contributed by atoms with Crippen LogP contribution >= 0.6 is 0 Å². The van der Waals surface area contributed by atoms with E-state index in [1.807, 2.05) is 12.1 Å². The van der Waals surface area contributed by atoms with Gasteiger partial charge in [0.05, 0.1) is 12.6 Å². The fourth-order valence-electron chi connectivity index (χ4n) is 3.48. The average Bonchev–Trinajstić information content (AvgIpc) is 3.16. The summed E-state index contributed by atoms with van der Waals surface area (Å²) in [6, 6.07) is 16.5. The maximum absolute atomic E-state index is 13.1. The molecule has 1 saturated heterocycles. The summed E-state index contributed by atoms with van der Waals surface area (Å²) < 4.78 is 23.9. The van der Waals surface area contributed by atoms with Crippen molar-refractivity contribution in [2.75, 3.05) is 13.1 Å². The Bertz CT molecular complexity index is 1070. The molecule has 1 aliphatic rings. The molecule has 1 aliphatic heterocycles. The van der Waals surface area contributed by atoms with Crippen LogP contribution in [-0.2, 0) is 0 Å². The maximum atomic E-state index is 13.1. The van der Waals surface area contributed by atoms with E-state index in [9.17, 15) is 14.0 Å². The molecule has 2 heterocycles. The van der Waals surface area contributed by atoms with Crippen molar-refractivity contribution >= 4 is 5.91 Å². The van der Waals surface area contributed by atoms with Crippen LogP contribution in [-0.4, -0.2) is 30.0 Å². The molecule has 1 amide bonds. The van der Waals surface area contributed by atoms with Crippen LogP contribution in [0.25, 0.3) is 11.1 Å². The van der Waals surface area contributed by atoms with Gasteiger partial charge in [0.2, 0.25) is 0 Å². The molecule has 0 N–H and O–H groups in total. The minimum atomic E-state index is -0.452. The lowest BCUT2D eigenvalue weighted by molar-refractivity contribution is 0.0772. The average molecular weight is 393 g/mol. The smallest absolute Gasteiger partial charge is 0.339 e. The molecular weight excluding hydrogens is 373 g/mol. The summed E-state index contributed by atoms with van der Waals surface area (Å²) in [4.78, 5) is 26.0. The summed E-state index contributed by atoms with van der Waals surface area (Å²) in [6.07, 6.45) is 0.525. The molecule has 148 valence electrons. The molecule has 0 aliphatic carbocycles. The number of carbonyl (C=O) groups excluding carboxylic acids is 1. The van der Waals surface area contributed by atoms with Crippen molar-refractivity contribution < 1.29 is 18.3 Å². The van der Waals surface area contributed by atoms with Crippen LogP contribution in [0.4, 0.5) is 4.39 Å². The second-order valence-electron chi connectivity index (χ2n) is 7.09. The number of amides is 1. The highest BCUT2D eigenvalue weighted by Crippen LogP contribution is 2.23. The van der Waals surface area contributed by atoms with E-state index in [0.717, 1.165) is 11.1 Å². The fourth-order valence-corrected chi connectivity index (χ4v) is 3.48. The third kappa shape index (κ3) is 4.37. The molecule has 0 saturated carbocycles. The molecule has 1 aromatic heterocycles. The van der Waals surface area contributed by atoms with E-state index < -0.39 is 5.63 Å². The molecule has 1 atom stereocenters. The van der Waals surface area contributed by atoms with Crippen LogP contribution in [0.3, 0.4) is 0 Å². The molecule has 2 aromatic carbocycles.